The molecule has 2 nitrogen and oxygen atoms in total. The van der Waals surface area contributed by atoms with Crippen molar-refractivity contribution in [2.24, 2.45) is 0 Å². The van der Waals surface area contributed by atoms with Crippen LogP contribution < -0.4 is 10.1 Å². The van der Waals surface area contributed by atoms with E-state index in [2.05, 4.69) is 5.32 Å². The van der Waals surface area contributed by atoms with Gasteiger partial charge in [0.2, 0.25) is 0 Å². The number of anilines is 1. The number of benzene rings is 2. The second-order valence-electron chi connectivity index (χ2n) is 4.57. The standard InChI is InChI=1S/C16H16F3NO/c1-21-13-8-6-12(7-9-13)10-11-20-15-5-3-2-4-14(15)16(17,18)19/h2-9,20H,10-11H2,1H3. The zero-order chi connectivity index (χ0) is 15.3. The summed E-state index contributed by atoms with van der Waals surface area (Å²) in [6.45, 7) is 0.430. The second kappa shape index (κ2) is 6.52. The lowest BCUT2D eigenvalue weighted by atomic mass is 10.1. The van der Waals surface area contributed by atoms with Crippen molar-refractivity contribution >= 4 is 5.69 Å². The molecule has 0 atom stereocenters. The van der Waals surface area contributed by atoms with Gasteiger partial charge in [0, 0.05) is 12.2 Å². The van der Waals surface area contributed by atoms with Crippen LogP contribution in [0, 0.1) is 0 Å². The van der Waals surface area contributed by atoms with E-state index in [0.717, 1.165) is 17.4 Å². The predicted octanol–water partition coefficient (Wildman–Crippen LogP) is 4.37. The molecule has 0 unspecified atom stereocenters. The molecule has 5 heteroatoms. The van der Waals surface area contributed by atoms with Gasteiger partial charge in [-0.3, -0.25) is 0 Å². The molecule has 2 aromatic carbocycles. The van der Waals surface area contributed by atoms with Gasteiger partial charge < -0.3 is 10.1 Å². The predicted molar refractivity (Wildman–Crippen MR) is 76.6 cm³/mol. The molecule has 0 saturated carbocycles. The normalized spacial score (nSPS) is 11.2. The Morgan fingerprint density at radius 3 is 2.29 bits per heavy atom. The van der Waals surface area contributed by atoms with E-state index in [1.54, 1.807) is 13.2 Å². The molecule has 0 aromatic heterocycles. The molecule has 0 saturated heterocycles. The fraction of sp³-hybridized carbons (Fsp3) is 0.250. The Kier molecular flexibility index (Phi) is 4.73. The fourth-order valence-corrected chi connectivity index (χ4v) is 2.02. The third-order valence-corrected chi connectivity index (χ3v) is 3.12. The molecule has 0 spiro atoms. The van der Waals surface area contributed by atoms with E-state index >= 15 is 0 Å². The van der Waals surface area contributed by atoms with E-state index < -0.39 is 11.7 Å². The van der Waals surface area contributed by atoms with Gasteiger partial charge in [0.25, 0.3) is 0 Å². The monoisotopic (exact) mass is 295 g/mol. The maximum atomic E-state index is 12.8. The summed E-state index contributed by atoms with van der Waals surface area (Å²) in [5.74, 6) is 0.758. The molecule has 0 aliphatic carbocycles. The van der Waals surface area contributed by atoms with Crippen LogP contribution in [0.4, 0.5) is 18.9 Å². The van der Waals surface area contributed by atoms with Gasteiger partial charge in [-0.05, 0) is 36.2 Å². The third kappa shape index (κ3) is 4.15. The summed E-state index contributed by atoms with van der Waals surface area (Å²) in [5.41, 5.74) is 0.506. The van der Waals surface area contributed by atoms with Crippen LogP contribution in [-0.2, 0) is 12.6 Å². The molecule has 0 fully saturated rings. The first-order valence-electron chi connectivity index (χ1n) is 6.54. The van der Waals surface area contributed by atoms with E-state index in [4.69, 9.17) is 4.74 Å². The van der Waals surface area contributed by atoms with Crippen LogP contribution in [0.2, 0.25) is 0 Å². The average molecular weight is 295 g/mol. The van der Waals surface area contributed by atoms with Crippen LogP contribution in [0.1, 0.15) is 11.1 Å². The topological polar surface area (TPSA) is 21.3 Å². The lowest BCUT2D eigenvalue weighted by Crippen LogP contribution is -2.12. The number of hydrogen-bond donors (Lipinski definition) is 1. The van der Waals surface area contributed by atoms with Gasteiger partial charge in [-0.25, -0.2) is 0 Å². The number of rotatable bonds is 5. The van der Waals surface area contributed by atoms with Crippen molar-refractivity contribution in [3.63, 3.8) is 0 Å². The van der Waals surface area contributed by atoms with E-state index in [-0.39, 0.29) is 5.69 Å². The summed E-state index contributed by atoms with van der Waals surface area (Å²) in [7, 11) is 1.59. The fourth-order valence-electron chi connectivity index (χ4n) is 2.02. The Labute approximate surface area is 121 Å². The van der Waals surface area contributed by atoms with Crippen LogP contribution in [0.5, 0.6) is 5.75 Å². The summed E-state index contributed by atoms with van der Waals surface area (Å²) < 4.78 is 43.5. The lowest BCUT2D eigenvalue weighted by Gasteiger charge is -2.14. The summed E-state index contributed by atoms with van der Waals surface area (Å²) in [6.07, 6.45) is -3.71. The highest BCUT2D eigenvalue weighted by Gasteiger charge is 2.32. The molecule has 2 aromatic rings. The molecule has 0 heterocycles. The molecule has 112 valence electrons. The zero-order valence-electron chi connectivity index (χ0n) is 11.6. The molecule has 0 amide bonds. The van der Waals surface area contributed by atoms with Crippen LogP contribution in [-0.4, -0.2) is 13.7 Å². The Hall–Kier alpha value is -2.17. The van der Waals surface area contributed by atoms with Crippen molar-refractivity contribution in [1.29, 1.82) is 0 Å². The SMILES string of the molecule is COc1ccc(CCNc2ccccc2C(F)(F)F)cc1. The average Bonchev–Trinajstić information content (AvgIpc) is 2.47. The quantitative estimate of drug-likeness (QED) is 0.884. The largest absolute Gasteiger partial charge is 0.497 e. The minimum atomic E-state index is -4.34. The van der Waals surface area contributed by atoms with E-state index in [0.29, 0.717) is 13.0 Å². The number of methoxy groups -OCH3 is 1. The number of halogens is 3. The minimum Gasteiger partial charge on any atom is -0.497 e. The second-order valence-corrected chi connectivity index (χ2v) is 4.57. The first-order valence-corrected chi connectivity index (χ1v) is 6.54. The number of alkyl halides is 3. The molecule has 21 heavy (non-hydrogen) atoms. The van der Waals surface area contributed by atoms with Crippen molar-refractivity contribution in [2.45, 2.75) is 12.6 Å². The van der Waals surface area contributed by atoms with Gasteiger partial charge in [0.15, 0.2) is 0 Å². The molecule has 0 bridgehead atoms. The Balaban J connectivity index is 1.97. The molecule has 0 radical (unpaired) electrons. The Morgan fingerprint density at radius 2 is 1.67 bits per heavy atom. The van der Waals surface area contributed by atoms with E-state index in [9.17, 15) is 13.2 Å². The van der Waals surface area contributed by atoms with Gasteiger partial charge in [-0.1, -0.05) is 24.3 Å². The molecule has 2 rings (SSSR count). The summed E-state index contributed by atoms with van der Waals surface area (Å²) in [6, 6.07) is 13.0. The van der Waals surface area contributed by atoms with Crippen molar-refractivity contribution in [2.75, 3.05) is 19.0 Å². The third-order valence-electron chi connectivity index (χ3n) is 3.12. The number of nitrogens with one attached hydrogen (secondary N) is 1. The summed E-state index contributed by atoms with van der Waals surface area (Å²) in [4.78, 5) is 0. The van der Waals surface area contributed by atoms with Crippen molar-refractivity contribution in [3.05, 3.63) is 59.7 Å². The molecule has 1 N–H and O–H groups in total. The molecular formula is C16H16F3NO. The molecular weight excluding hydrogens is 279 g/mol. The molecule has 0 aliphatic heterocycles. The zero-order valence-corrected chi connectivity index (χ0v) is 11.6. The van der Waals surface area contributed by atoms with Crippen LogP contribution in [0.3, 0.4) is 0 Å². The first-order chi connectivity index (χ1) is 10.0. The van der Waals surface area contributed by atoms with Gasteiger partial charge >= 0.3 is 6.18 Å². The lowest BCUT2D eigenvalue weighted by molar-refractivity contribution is -0.136. The minimum absolute atomic E-state index is 0.110. The van der Waals surface area contributed by atoms with E-state index in [1.807, 2.05) is 24.3 Å². The smallest absolute Gasteiger partial charge is 0.418 e. The van der Waals surface area contributed by atoms with Crippen molar-refractivity contribution < 1.29 is 17.9 Å². The van der Waals surface area contributed by atoms with Crippen LogP contribution >= 0.6 is 0 Å². The van der Waals surface area contributed by atoms with Gasteiger partial charge in [0.1, 0.15) is 5.75 Å². The maximum absolute atomic E-state index is 12.8. The first kappa shape index (κ1) is 15.2. The highest BCUT2D eigenvalue weighted by molar-refractivity contribution is 5.52. The summed E-state index contributed by atoms with van der Waals surface area (Å²) >= 11 is 0. The Bertz CT molecular complexity index is 579. The van der Waals surface area contributed by atoms with Gasteiger partial charge in [-0.2, -0.15) is 13.2 Å². The molecule has 0 aliphatic rings. The number of ether oxygens (including phenoxy) is 1. The summed E-state index contributed by atoms with van der Waals surface area (Å²) in [5, 5.41) is 2.85. The van der Waals surface area contributed by atoms with Crippen molar-refractivity contribution in [3.8, 4) is 5.75 Å². The van der Waals surface area contributed by atoms with Crippen LogP contribution in [0.25, 0.3) is 0 Å². The number of hydrogen-bond acceptors (Lipinski definition) is 2. The van der Waals surface area contributed by atoms with Crippen molar-refractivity contribution in [1.82, 2.24) is 0 Å². The van der Waals surface area contributed by atoms with Gasteiger partial charge in [0.05, 0.1) is 12.7 Å². The Morgan fingerprint density at radius 1 is 1.00 bits per heavy atom. The highest BCUT2D eigenvalue weighted by atomic mass is 19.4. The maximum Gasteiger partial charge on any atom is 0.418 e. The van der Waals surface area contributed by atoms with Gasteiger partial charge in [-0.15, -0.1) is 0 Å². The van der Waals surface area contributed by atoms with E-state index in [1.165, 1.54) is 12.1 Å². The van der Waals surface area contributed by atoms with Crippen LogP contribution in [0.15, 0.2) is 48.5 Å². The highest BCUT2D eigenvalue weighted by Crippen LogP contribution is 2.34. The number of para-hydroxylation sites is 1.